The molecule has 13 heteroatoms. The zero-order valence-corrected chi connectivity index (χ0v) is 20.7. The summed E-state index contributed by atoms with van der Waals surface area (Å²) < 4.78 is 13.9. The quantitative estimate of drug-likeness (QED) is 0.526. The van der Waals surface area contributed by atoms with E-state index in [1.807, 2.05) is 11.8 Å². The number of nitrogens with one attached hydrogen (secondary N) is 1. The molecule has 0 bridgehead atoms. The van der Waals surface area contributed by atoms with Crippen molar-refractivity contribution in [3.8, 4) is 17.0 Å². The number of hydrogen-bond donors (Lipinski definition) is 3. The number of benzene rings is 1. The number of piperazine rings is 2. The summed E-state index contributed by atoms with van der Waals surface area (Å²) in [7, 11) is 0. The van der Waals surface area contributed by atoms with E-state index in [4.69, 9.17) is 0 Å². The second-order valence-electron chi connectivity index (χ2n) is 9.97. The standard InChI is InChI=1S/C24H28FN7O5/c1-13-11-31(23(36)37)14(2)10-30(13)22(35)29-7-8-32-18-9-17(15-5-4-6-16(25)19(15)33)27-28-20(18)26-21(34)24(32,3)12-29/h4-6,9,13-14,33H,7-8,10-12H2,1-3H3,(H,36,37)(H,26,28,34)/t13-,14+,24?/m1/s1. The van der Waals surface area contributed by atoms with Crippen LogP contribution in [0.15, 0.2) is 24.3 Å². The highest BCUT2D eigenvalue weighted by Gasteiger charge is 2.50. The van der Waals surface area contributed by atoms with E-state index >= 15 is 0 Å². The van der Waals surface area contributed by atoms with Crippen molar-refractivity contribution in [3.63, 3.8) is 0 Å². The van der Waals surface area contributed by atoms with Crippen LogP contribution >= 0.6 is 0 Å². The van der Waals surface area contributed by atoms with Crippen LogP contribution in [0.2, 0.25) is 0 Å². The maximum absolute atomic E-state index is 13.9. The smallest absolute Gasteiger partial charge is 0.407 e. The maximum atomic E-state index is 13.9. The van der Waals surface area contributed by atoms with Gasteiger partial charge in [-0.3, -0.25) is 4.79 Å². The summed E-state index contributed by atoms with van der Waals surface area (Å²) in [6.45, 7) is 6.52. The average molecular weight is 514 g/mol. The molecule has 0 spiro atoms. The minimum Gasteiger partial charge on any atom is -0.504 e. The topological polar surface area (TPSA) is 142 Å². The lowest BCUT2D eigenvalue weighted by Gasteiger charge is -2.52. The highest BCUT2D eigenvalue weighted by Crippen LogP contribution is 2.40. The van der Waals surface area contributed by atoms with Crippen molar-refractivity contribution >= 4 is 29.5 Å². The van der Waals surface area contributed by atoms with Gasteiger partial charge < -0.3 is 35.1 Å². The third kappa shape index (κ3) is 3.94. The molecule has 0 aliphatic carbocycles. The lowest BCUT2D eigenvalue weighted by molar-refractivity contribution is -0.122. The molecule has 4 heterocycles. The molecule has 2 saturated heterocycles. The van der Waals surface area contributed by atoms with Crippen LogP contribution in [0.1, 0.15) is 20.8 Å². The van der Waals surface area contributed by atoms with E-state index in [0.717, 1.165) is 6.07 Å². The summed E-state index contributed by atoms with van der Waals surface area (Å²) in [6, 6.07) is 4.85. The van der Waals surface area contributed by atoms with Crippen LogP contribution in [0.5, 0.6) is 5.75 Å². The molecule has 4 amide bonds. The highest BCUT2D eigenvalue weighted by molar-refractivity contribution is 6.06. The molecule has 3 aliphatic heterocycles. The largest absolute Gasteiger partial charge is 0.504 e. The molecule has 1 aromatic carbocycles. The Morgan fingerprint density at radius 3 is 2.57 bits per heavy atom. The van der Waals surface area contributed by atoms with E-state index in [0.29, 0.717) is 18.8 Å². The molecule has 2 aromatic rings. The third-order valence-electron chi connectivity index (χ3n) is 7.48. The van der Waals surface area contributed by atoms with Gasteiger partial charge in [-0.15, -0.1) is 10.2 Å². The summed E-state index contributed by atoms with van der Waals surface area (Å²) in [4.78, 5) is 44.7. The predicted octanol–water partition coefficient (Wildman–Crippen LogP) is 2.01. The molecular weight excluding hydrogens is 485 g/mol. The van der Waals surface area contributed by atoms with Gasteiger partial charge in [0.25, 0.3) is 5.91 Å². The average Bonchev–Trinajstić information content (AvgIpc) is 2.86. The van der Waals surface area contributed by atoms with Crippen molar-refractivity contribution in [2.75, 3.05) is 42.9 Å². The van der Waals surface area contributed by atoms with Gasteiger partial charge in [0, 0.05) is 43.8 Å². The Kier molecular flexibility index (Phi) is 5.80. The van der Waals surface area contributed by atoms with Crippen LogP contribution in [-0.2, 0) is 4.79 Å². The molecule has 12 nitrogen and oxygen atoms in total. The molecule has 3 atom stereocenters. The fraction of sp³-hybridized carbons (Fsp3) is 0.458. The normalized spacial score (nSPS) is 25.4. The molecule has 1 aromatic heterocycles. The number of carbonyl (C=O) groups is 3. The fourth-order valence-corrected chi connectivity index (χ4v) is 5.36. The number of aromatic hydroxyl groups is 1. The van der Waals surface area contributed by atoms with Gasteiger partial charge in [-0.25, -0.2) is 14.0 Å². The van der Waals surface area contributed by atoms with Gasteiger partial charge in [0.15, 0.2) is 17.4 Å². The maximum Gasteiger partial charge on any atom is 0.407 e. The van der Waals surface area contributed by atoms with Crippen molar-refractivity contribution < 1.29 is 29.0 Å². The Morgan fingerprint density at radius 2 is 1.84 bits per heavy atom. The third-order valence-corrected chi connectivity index (χ3v) is 7.48. The van der Waals surface area contributed by atoms with Gasteiger partial charge in [0.2, 0.25) is 0 Å². The lowest BCUT2D eigenvalue weighted by atomic mass is 9.91. The Morgan fingerprint density at radius 1 is 1.14 bits per heavy atom. The molecule has 3 N–H and O–H groups in total. The van der Waals surface area contributed by atoms with Gasteiger partial charge in [-0.05, 0) is 39.0 Å². The number of carbonyl (C=O) groups excluding carboxylic acids is 2. The summed E-state index contributed by atoms with van der Waals surface area (Å²) in [5.74, 6) is -1.42. The van der Waals surface area contributed by atoms with Crippen molar-refractivity contribution in [1.82, 2.24) is 24.9 Å². The molecule has 1 unspecified atom stereocenters. The van der Waals surface area contributed by atoms with Crippen LogP contribution in [-0.4, -0.2) is 103 Å². The Balaban J connectivity index is 1.40. The van der Waals surface area contributed by atoms with Gasteiger partial charge in [0.1, 0.15) is 5.54 Å². The van der Waals surface area contributed by atoms with Gasteiger partial charge in [-0.1, -0.05) is 6.07 Å². The number of amides is 4. The summed E-state index contributed by atoms with van der Waals surface area (Å²) in [5, 5.41) is 30.5. The zero-order valence-electron chi connectivity index (χ0n) is 20.7. The molecular formula is C24H28FN7O5. The first kappa shape index (κ1) is 24.5. The first-order chi connectivity index (χ1) is 17.5. The number of fused-ring (bicyclic) bond motifs is 3. The highest BCUT2D eigenvalue weighted by atomic mass is 19.1. The molecule has 0 radical (unpaired) electrons. The number of aromatic nitrogens is 2. The molecule has 5 rings (SSSR count). The molecule has 37 heavy (non-hydrogen) atoms. The van der Waals surface area contributed by atoms with E-state index in [1.54, 1.807) is 29.7 Å². The first-order valence-electron chi connectivity index (χ1n) is 12.0. The van der Waals surface area contributed by atoms with Crippen molar-refractivity contribution in [3.05, 3.63) is 30.1 Å². The Labute approximate surface area is 212 Å². The number of anilines is 2. The number of rotatable bonds is 1. The fourth-order valence-electron chi connectivity index (χ4n) is 5.36. The monoisotopic (exact) mass is 513 g/mol. The summed E-state index contributed by atoms with van der Waals surface area (Å²) in [5.41, 5.74) is -0.152. The number of carboxylic acid groups (broad SMARTS) is 1. The van der Waals surface area contributed by atoms with Crippen molar-refractivity contribution in [2.45, 2.75) is 38.4 Å². The molecule has 2 fully saturated rings. The van der Waals surface area contributed by atoms with Crippen molar-refractivity contribution in [1.29, 1.82) is 0 Å². The van der Waals surface area contributed by atoms with Crippen LogP contribution in [0.4, 0.5) is 25.5 Å². The number of phenols is 1. The van der Waals surface area contributed by atoms with Crippen molar-refractivity contribution in [2.24, 2.45) is 0 Å². The first-order valence-corrected chi connectivity index (χ1v) is 12.0. The number of para-hydroxylation sites is 1. The van der Waals surface area contributed by atoms with Gasteiger partial charge in [0.05, 0.1) is 17.9 Å². The molecule has 3 aliphatic rings. The van der Waals surface area contributed by atoms with Gasteiger partial charge in [-0.2, -0.15) is 0 Å². The van der Waals surface area contributed by atoms with E-state index in [1.165, 1.54) is 17.0 Å². The second-order valence-corrected chi connectivity index (χ2v) is 9.97. The summed E-state index contributed by atoms with van der Waals surface area (Å²) >= 11 is 0. The SMILES string of the molecule is C[C@@H]1CN(C(=O)O)[C@@H](C)CN1C(=O)N1CCN2c3cc(-c4cccc(F)c4O)nnc3NC(=O)C2(C)C1. The van der Waals surface area contributed by atoms with Crippen LogP contribution in [0.3, 0.4) is 0 Å². The van der Waals surface area contributed by atoms with Gasteiger partial charge >= 0.3 is 12.1 Å². The van der Waals surface area contributed by atoms with E-state index < -0.39 is 23.2 Å². The van der Waals surface area contributed by atoms with Crippen LogP contribution in [0.25, 0.3) is 11.3 Å². The number of urea groups is 1. The second kappa shape index (κ2) is 8.75. The minimum absolute atomic E-state index is 0.0974. The number of phenolic OH excluding ortho intramolecular Hbond substituents is 1. The summed E-state index contributed by atoms with van der Waals surface area (Å²) in [6.07, 6.45) is -1.01. The lowest BCUT2D eigenvalue weighted by Crippen LogP contribution is -2.71. The Bertz CT molecular complexity index is 1290. The van der Waals surface area contributed by atoms with Crippen LogP contribution in [0, 0.1) is 5.82 Å². The molecule has 196 valence electrons. The predicted molar refractivity (Wildman–Crippen MR) is 131 cm³/mol. The van der Waals surface area contributed by atoms with E-state index in [9.17, 15) is 29.0 Å². The number of hydrogen-bond acceptors (Lipinski definition) is 7. The molecule has 0 saturated carbocycles. The zero-order chi connectivity index (χ0) is 26.6. The van der Waals surface area contributed by atoms with Crippen LogP contribution < -0.4 is 10.2 Å². The van der Waals surface area contributed by atoms with E-state index in [-0.39, 0.29) is 60.7 Å². The van der Waals surface area contributed by atoms with E-state index in [2.05, 4.69) is 15.5 Å². The minimum atomic E-state index is -1.12. The Hall–Kier alpha value is -4.16. The number of nitrogens with zero attached hydrogens (tertiary/aromatic N) is 6. The number of halogens is 1.